The molecule has 0 bridgehead atoms. The quantitative estimate of drug-likeness (QED) is 0.672. The maximum Gasteiger partial charge on any atom is 0.0512 e. The van der Waals surface area contributed by atoms with Gasteiger partial charge in [-0.3, -0.25) is 0 Å². The SMILES string of the molecule is C1=CCCC=C1.CCCC(C)O. The molecule has 0 aromatic carbocycles. The minimum absolute atomic E-state index is 0.102. The van der Waals surface area contributed by atoms with Gasteiger partial charge < -0.3 is 5.11 Å². The van der Waals surface area contributed by atoms with Crippen molar-refractivity contribution in [3.8, 4) is 0 Å². The van der Waals surface area contributed by atoms with E-state index in [4.69, 9.17) is 5.11 Å². The lowest BCUT2D eigenvalue weighted by Crippen LogP contribution is -1.95. The van der Waals surface area contributed by atoms with Gasteiger partial charge in [-0.15, -0.1) is 0 Å². The summed E-state index contributed by atoms with van der Waals surface area (Å²) in [5, 5.41) is 8.55. The molecular weight excluding hydrogens is 148 g/mol. The summed E-state index contributed by atoms with van der Waals surface area (Å²) in [6, 6.07) is 0. The summed E-state index contributed by atoms with van der Waals surface area (Å²) in [6.07, 6.45) is 12.9. The van der Waals surface area contributed by atoms with Crippen molar-refractivity contribution in [2.45, 2.75) is 45.6 Å². The van der Waals surface area contributed by atoms with E-state index in [-0.39, 0.29) is 6.10 Å². The van der Waals surface area contributed by atoms with E-state index in [0.717, 1.165) is 12.8 Å². The molecule has 0 aromatic rings. The first kappa shape index (κ1) is 11.4. The van der Waals surface area contributed by atoms with Crippen LogP contribution in [0.15, 0.2) is 24.3 Å². The minimum Gasteiger partial charge on any atom is -0.393 e. The van der Waals surface area contributed by atoms with Crippen LogP contribution in [-0.4, -0.2) is 11.2 Å². The highest BCUT2D eigenvalue weighted by Crippen LogP contribution is 1.98. The van der Waals surface area contributed by atoms with Crippen LogP contribution in [0, 0.1) is 0 Å². The Labute approximate surface area is 75.8 Å². The molecule has 12 heavy (non-hydrogen) atoms. The highest BCUT2D eigenvalue weighted by molar-refractivity contribution is 5.07. The van der Waals surface area contributed by atoms with Gasteiger partial charge in [0, 0.05) is 0 Å². The lowest BCUT2D eigenvalue weighted by Gasteiger charge is -1.95. The summed E-state index contributed by atoms with van der Waals surface area (Å²) in [6.45, 7) is 3.87. The number of hydrogen-bond acceptors (Lipinski definition) is 1. The summed E-state index contributed by atoms with van der Waals surface area (Å²) in [7, 11) is 0. The van der Waals surface area contributed by atoms with Crippen molar-refractivity contribution < 1.29 is 5.11 Å². The second kappa shape index (κ2) is 8.54. The van der Waals surface area contributed by atoms with E-state index in [0.29, 0.717) is 0 Å². The van der Waals surface area contributed by atoms with Gasteiger partial charge >= 0.3 is 0 Å². The smallest absolute Gasteiger partial charge is 0.0512 e. The van der Waals surface area contributed by atoms with E-state index in [1.54, 1.807) is 0 Å². The Morgan fingerprint density at radius 2 is 1.75 bits per heavy atom. The standard InChI is InChI=1S/C6H8.C5H12O/c1-2-4-6-5-3-1;1-3-4-5(2)6/h1-4H,5-6H2;5-6H,3-4H2,1-2H3. The Bertz CT molecular complexity index is 122. The first-order valence-corrected chi connectivity index (χ1v) is 4.77. The highest BCUT2D eigenvalue weighted by atomic mass is 16.3. The normalized spacial score (nSPS) is 16.6. The zero-order chi connectivity index (χ0) is 9.23. The van der Waals surface area contributed by atoms with Crippen LogP contribution in [0.5, 0.6) is 0 Å². The molecular formula is C11H20O. The van der Waals surface area contributed by atoms with E-state index >= 15 is 0 Å². The van der Waals surface area contributed by atoms with Gasteiger partial charge in [0.1, 0.15) is 0 Å². The molecule has 1 aliphatic carbocycles. The first-order valence-electron chi connectivity index (χ1n) is 4.77. The van der Waals surface area contributed by atoms with Crippen LogP contribution in [0.3, 0.4) is 0 Å². The molecule has 0 fully saturated rings. The van der Waals surface area contributed by atoms with Gasteiger partial charge in [0.05, 0.1) is 6.10 Å². The average Bonchev–Trinajstić information content (AvgIpc) is 2.08. The molecule has 1 aliphatic rings. The predicted octanol–water partition coefficient (Wildman–Crippen LogP) is 3.06. The highest BCUT2D eigenvalue weighted by Gasteiger charge is 1.87. The van der Waals surface area contributed by atoms with Crippen LogP contribution in [0.25, 0.3) is 0 Å². The minimum atomic E-state index is -0.102. The third kappa shape index (κ3) is 9.44. The fraction of sp³-hybridized carbons (Fsp3) is 0.636. The van der Waals surface area contributed by atoms with Crippen LogP contribution < -0.4 is 0 Å². The maximum atomic E-state index is 8.55. The van der Waals surface area contributed by atoms with Crippen molar-refractivity contribution in [1.82, 2.24) is 0 Å². The van der Waals surface area contributed by atoms with Crippen LogP contribution in [0.4, 0.5) is 0 Å². The van der Waals surface area contributed by atoms with E-state index in [2.05, 4.69) is 31.2 Å². The third-order valence-electron chi connectivity index (χ3n) is 1.59. The number of rotatable bonds is 2. The number of aliphatic hydroxyl groups is 1. The molecule has 0 radical (unpaired) electrons. The van der Waals surface area contributed by atoms with E-state index in [9.17, 15) is 0 Å². The Hall–Kier alpha value is -0.560. The van der Waals surface area contributed by atoms with Crippen molar-refractivity contribution in [3.05, 3.63) is 24.3 Å². The van der Waals surface area contributed by atoms with Gasteiger partial charge in [0.25, 0.3) is 0 Å². The zero-order valence-corrected chi connectivity index (χ0v) is 8.16. The molecule has 0 aliphatic heterocycles. The molecule has 0 saturated carbocycles. The van der Waals surface area contributed by atoms with E-state index in [1.165, 1.54) is 12.8 Å². The molecule has 1 nitrogen and oxygen atoms in total. The van der Waals surface area contributed by atoms with Crippen molar-refractivity contribution in [3.63, 3.8) is 0 Å². The Morgan fingerprint density at radius 3 is 1.83 bits per heavy atom. The molecule has 0 amide bonds. The summed E-state index contributed by atoms with van der Waals surface area (Å²) < 4.78 is 0. The van der Waals surface area contributed by atoms with Gasteiger partial charge in [0.15, 0.2) is 0 Å². The van der Waals surface area contributed by atoms with E-state index in [1.807, 2.05) is 6.92 Å². The first-order chi connectivity index (χ1) is 5.77. The molecule has 0 heterocycles. The molecule has 0 aromatic heterocycles. The largest absolute Gasteiger partial charge is 0.393 e. The zero-order valence-electron chi connectivity index (χ0n) is 8.16. The maximum absolute atomic E-state index is 8.55. The monoisotopic (exact) mass is 168 g/mol. The molecule has 1 unspecified atom stereocenters. The summed E-state index contributed by atoms with van der Waals surface area (Å²) in [4.78, 5) is 0. The Kier molecular flexibility index (Phi) is 8.14. The van der Waals surface area contributed by atoms with Crippen LogP contribution in [0.2, 0.25) is 0 Å². The lowest BCUT2D eigenvalue weighted by atomic mass is 10.2. The second-order valence-electron chi connectivity index (χ2n) is 3.07. The second-order valence-corrected chi connectivity index (χ2v) is 3.07. The van der Waals surface area contributed by atoms with Crippen molar-refractivity contribution >= 4 is 0 Å². The fourth-order valence-electron chi connectivity index (χ4n) is 0.960. The number of allylic oxidation sites excluding steroid dienone is 4. The summed E-state index contributed by atoms with van der Waals surface area (Å²) in [5.41, 5.74) is 0. The van der Waals surface area contributed by atoms with Crippen LogP contribution in [-0.2, 0) is 0 Å². The summed E-state index contributed by atoms with van der Waals surface area (Å²) >= 11 is 0. The van der Waals surface area contributed by atoms with Gasteiger partial charge in [-0.05, 0) is 26.2 Å². The van der Waals surface area contributed by atoms with Gasteiger partial charge in [-0.2, -0.15) is 0 Å². The van der Waals surface area contributed by atoms with Crippen molar-refractivity contribution in [2.75, 3.05) is 0 Å². The fourth-order valence-corrected chi connectivity index (χ4v) is 0.960. The van der Waals surface area contributed by atoms with Crippen molar-refractivity contribution in [2.24, 2.45) is 0 Å². The van der Waals surface area contributed by atoms with Crippen LogP contribution >= 0.6 is 0 Å². The lowest BCUT2D eigenvalue weighted by molar-refractivity contribution is 0.183. The van der Waals surface area contributed by atoms with Crippen molar-refractivity contribution in [1.29, 1.82) is 0 Å². The predicted molar refractivity (Wildman–Crippen MR) is 54.1 cm³/mol. The van der Waals surface area contributed by atoms with Gasteiger partial charge in [-0.25, -0.2) is 0 Å². The molecule has 1 heteroatoms. The van der Waals surface area contributed by atoms with Crippen LogP contribution in [0.1, 0.15) is 39.5 Å². The number of aliphatic hydroxyl groups excluding tert-OH is 1. The molecule has 1 N–H and O–H groups in total. The average molecular weight is 168 g/mol. The van der Waals surface area contributed by atoms with Gasteiger partial charge in [0.2, 0.25) is 0 Å². The molecule has 0 saturated heterocycles. The Morgan fingerprint density at radius 1 is 1.25 bits per heavy atom. The molecule has 1 atom stereocenters. The topological polar surface area (TPSA) is 20.2 Å². The summed E-state index contributed by atoms with van der Waals surface area (Å²) in [5.74, 6) is 0. The molecule has 0 spiro atoms. The Balaban J connectivity index is 0.000000202. The molecule has 1 rings (SSSR count). The third-order valence-corrected chi connectivity index (χ3v) is 1.59. The van der Waals surface area contributed by atoms with E-state index < -0.39 is 0 Å². The molecule has 70 valence electrons. The number of hydrogen-bond donors (Lipinski definition) is 1. The van der Waals surface area contributed by atoms with Gasteiger partial charge in [-0.1, -0.05) is 37.6 Å².